The van der Waals surface area contributed by atoms with Gasteiger partial charge in [-0.1, -0.05) is 58.9 Å². The van der Waals surface area contributed by atoms with Gasteiger partial charge in [0, 0.05) is 0 Å². The van der Waals surface area contributed by atoms with Crippen molar-refractivity contribution in [3.63, 3.8) is 0 Å². The molecule has 0 saturated heterocycles. The van der Waals surface area contributed by atoms with Crippen LogP contribution in [-0.2, 0) is 10.2 Å². The van der Waals surface area contributed by atoms with Crippen LogP contribution >= 0.6 is 0 Å². The average Bonchev–Trinajstić information content (AvgIpc) is 2.25. The van der Waals surface area contributed by atoms with Gasteiger partial charge in [0.05, 0.1) is 0 Å². The number of benzene rings is 1. The predicted molar refractivity (Wildman–Crippen MR) is 74.0 cm³/mol. The second-order valence-corrected chi connectivity index (χ2v) is 5.79. The standard InChI is InChI=1S/C16H22O/c1-12(2)14(11-17)10-13-6-8-15(9-7-13)16(3,4)5/h6-12H,1-5H3/b14-10-. The molecule has 0 saturated carbocycles. The van der Waals surface area contributed by atoms with E-state index in [2.05, 4.69) is 45.0 Å². The van der Waals surface area contributed by atoms with Crippen molar-refractivity contribution in [1.82, 2.24) is 0 Å². The lowest BCUT2D eigenvalue weighted by molar-refractivity contribution is -0.105. The van der Waals surface area contributed by atoms with Crippen LogP contribution in [0.25, 0.3) is 6.08 Å². The zero-order chi connectivity index (χ0) is 13.1. The summed E-state index contributed by atoms with van der Waals surface area (Å²) >= 11 is 0. The van der Waals surface area contributed by atoms with E-state index < -0.39 is 0 Å². The molecule has 0 atom stereocenters. The second kappa shape index (κ2) is 5.31. The van der Waals surface area contributed by atoms with E-state index in [-0.39, 0.29) is 11.3 Å². The molecule has 0 bridgehead atoms. The monoisotopic (exact) mass is 230 g/mol. The lowest BCUT2D eigenvalue weighted by Crippen LogP contribution is -2.10. The average molecular weight is 230 g/mol. The van der Waals surface area contributed by atoms with Crippen LogP contribution < -0.4 is 0 Å². The lowest BCUT2D eigenvalue weighted by Gasteiger charge is -2.18. The smallest absolute Gasteiger partial charge is 0.146 e. The molecule has 0 amide bonds. The first-order valence-corrected chi connectivity index (χ1v) is 6.12. The van der Waals surface area contributed by atoms with Crippen LogP contribution in [0.4, 0.5) is 0 Å². The summed E-state index contributed by atoms with van der Waals surface area (Å²) in [4.78, 5) is 10.9. The topological polar surface area (TPSA) is 17.1 Å². The minimum absolute atomic E-state index is 0.174. The maximum absolute atomic E-state index is 10.9. The van der Waals surface area contributed by atoms with E-state index in [4.69, 9.17) is 0 Å². The van der Waals surface area contributed by atoms with Crippen molar-refractivity contribution in [3.8, 4) is 0 Å². The Morgan fingerprint density at radius 3 is 2.00 bits per heavy atom. The highest BCUT2D eigenvalue weighted by Gasteiger charge is 2.12. The van der Waals surface area contributed by atoms with E-state index in [0.717, 1.165) is 17.4 Å². The highest BCUT2D eigenvalue weighted by Crippen LogP contribution is 2.23. The molecule has 0 N–H and O–H groups in total. The van der Waals surface area contributed by atoms with E-state index >= 15 is 0 Å². The Bertz CT molecular complexity index is 402. The van der Waals surface area contributed by atoms with Gasteiger partial charge in [0.2, 0.25) is 0 Å². The second-order valence-electron chi connectivity index (χ2n) is 5.79. The van der Waals surface area contributed by atoms with Crippen LogP contribution in [0.5, 0.6) is 0 Å². The molecule has 0 fully saturated rings. The molecule has 0 spiro atoms. The van der Waals surface area contributed by atoms with Crippen LogP contribution in [-0.4, -0.2) is 6.29 Å². The van der Waals surface area contributed by atoms with Gasteiger partial charge in [-0.15, -0.1) is 0 Å². The Morgan fingerprint density at radius 2 is 1.65 bits per heavy atom. The number of aldehydes is 1. The fourth-order valence-electron chi connectivity index (χ4n) is 1.61. The lowest BCUT2D eigenvalue weighted by atomic mass is 9.86. The van der Waals surface area contributed by atoms with E-state index in [1.165, 1.54) is 5.56 Å². The molecule has 1 nitrogen and oxygen atoms in total. The molecule has 1 aromatic carbocycles. The SMILES string of the molecule is CC(C)/C(C=O)=C\c1ccc(C(C)(C)C)cc1. The van der Waals surface area contributed by atoms with Crippen molar-refractivity contribution in [2.24, 2.45) is 5.92 Å². The molecule has 0 heterocycles. The van der Waals surface area contributed by atoms with E-state index in [9.17, 15) is 4.79 Å². The zero-order valence-corrected chi connectivity index (χ0v) is 11.4. The van der Waals surface area contributed by atoms with E-state index in [0.29, 0.717) is 0 Å². The number of hydrogen-bond acceptors (Lipinski definition) is 1. The quantitative estimate of drug-likeness (QED) is 0.561. The molecular formula is C16H22O. The summed E-state index contributed by atoms with van der Waals surface area (Å²) in [6.45, 7) is 10.7. The van der Waals surface area contributed by atoms with Crippen molar-refractivity contribution in [1.29, 1.82) is 0 Å². The minimum Gasteiger partial charge on any atom is -0.298 e. The first kappa shape index (κ1) is 13.7. The molecule has 0 aliphatic heterocycles. The van der Waals surface area contributed by atoms with Crippen LogP contribution in [0.2, 0.25) is 0 Å². The summed E-state index contributed by atoms with van der Waals surface area (Å²) in [5.74, 6) is 0.273. The van der Waals surface area contributed by atoms with Crippen LogP contribution in [0.15, 0.2) is 29.8 Å². The molecule has 1 aromatic rings. The first-order chi connectivity index (χ1) is 7.84. The third-order valence-corrected chi connectivity index (χ3v) is 2.91. The number of carbonyl (C=O) groups excluding carboxylic acids is 1. The first-order valence-electron chi connectivity index (χ1n) is 6.12. The van der Waals surface area contributed by atoms with Gasteiger partial charge < -0.3 is 0 Å². The van der Waals surface area contributed by atoms with Crippen molar-refractivity contribution >= 4 is 12.4 Å². The summed E-state index contributed by atoms with van der Waals surface area (Å²) in [7, 11) is 0. The zero-order valence-electron chi connectivity index (χ0n) is 11.4. The Balaban J connectivity index is 2.99. The number of rotatable bonds is 3. The van der Waals surface area contributed by atoms with Crippen molar-refractivity contribution in [2.45, 2.75) is 40.0 Å². The summed E-state index contributed by atoms with van der Waals surface area (Å²) in [5.41, 5.74) is 3.42. The summed E-state index contributed by atoms with van der Waals surface area (Å²) in [6, 6.07) is 8.42. The van der Waals surface area contributed by atoms with Crippen molar-refractivity contribution in [3.05, 3.63) is 41.0 Å². The molecule has 1 heteroatoms. The van der Waals surface area contributed by atoms with Gasteiger partial charge >= 0.3 is 0 Å². The fourth-order valence-corrected chi connectivity index (χ4v) is 1.61. The number of hydrogen-bond donors (Lipinski definition) is 0. The molecular weight excluding hydrogens is 208 g/mol. The van der Waals surface area contributed by atoms with Gasteiger partial charge in [0.15, 0.2) is 0 Å². The highest BCUT2D eigenvalue weighted by atomic mass is 16.1. The fraction of sp³-hybridized carbons (Fsp3) is 0.438. The van der Waals surface area contributed by atoms with Gasteiger partial charge in [-0.3, -0.25) is 4.79 Å². The van der Waals surface area contributed by atoms with Crippen molar-refractivity contribution in [2.75, 3.05) is 0 Å². The molecule has 0 unspecified atom stereocenters. The predicted octanol–water partition coefficient (Wildman–Crippen LogP) is 4.22. The maximum atomic E-state index is 10.9. The summed E-state index contributed by atoms with van der Waals surface area (Å²) in [5, 5.41) is 0. The van der Waals surface area contributed by atoms with Gasteiger partial charge in [-0.05, 0) is 34.1 Å². The van der Waals surface area contributed by atoms with Crippen LogP contribution in [0.3, 0.4) is 0 Å². The highest BCUT2D eigenvalue weighted by molar-refractivity contribution is 5.82. The van der Waals surface area contributed by atoms with E-state index in [1.54, 1.807) is 0 Å². The molecule has 17 heavy (non-hydrogen) atoms. The molecule has 0 aliphatic rings. The minimum atomic E-state index is 0.174. The van der Waals surface area contributed by atoms with Gasteiger partial charge in [-0.2, -0.15) is 0 Å². The molecule has 0 radical (unpaired) electrons. The van der Waals surface area contributed by atoms with Gasteiger partial charge in [-0.25, -0.2) is 0 Å². The third kappa shape index (κ3) is 3.85. The molecule has 0 aliphatic carbocycles. The Hall–Kier alpha value is -1.37. The number of allylic oxidation sites excluding steroid dienone is 1. The third-order valence-electron chi connectivity index (χ3n) is 2.91. The largest absolute Gasteiger partial charge is 0.298 e. The van der Waals surface area contributed by atoms with Gasteiger partial charge in [0.25, 0.3) is 0 Å². The normalized spacial score (nSPS) is 12.9. The molecule has 0 aromatic heterocycles. The van der Waals surface area contributed by atoms with Crippen LogP contribution in [0, 0.1) is 5.92 Å². The van der Waals surface area contributed by atoms with Crippen molar-refractivity contribution < 1.29 is 4.79 Å². The molecule has 1 rings (SSSR count). The Morgan fingerprint density at radius 1 is 1.12 bits per heavy atom. The maximum Gasteiger partial charge on any atom is 0.146 e. The summed E-state index contributed by atoms with van der Waals surface area (Å²) < 4.78 is 0. The van der Waals surface area contributed by atoms with E-state index in [1.807, 2.05) is 19.9 Å². The van der Waals surface area contributed by atoms with Gasteiger partial charge in [0.1, 0.15) is 6.29 Å². The number of carbonyl (C=O) groups is 1. The Labute approximate surface area is 105 Å². The van der Waals surface area contributed by atoms with Crippen LogP contribution in [0.1, 0.15) is 45.7 Å². The Kier molecular flexibility index (Phi) is 4.28. The summed E-state index contributed by atoms with van der Waals surface area (Å²) in [6.07, 6.45) is 2.91. The molecule has 92 valence electrons.